The lowest BCUT2D eigenvalue weighted by Gasteiger charge is -2.15. The number of nitrogens with two attached hydrogens (primary N) is 1. The third-order valence-corrected chi connectivity index (χ3v) is 4.24. The van der Waals surface area contributed by atoms with Crippen molar-refractivity contribution in [3.63, 3.8) is 0 Å². The molecule has 2 rings (SSSR count). The second kappa shape index (κ2) is 5.63. The average molecular weight is 305 g/mol. The molecule has 94 valence electrons. The summed E-state index contributed by atoms with van der Waals surface area (Å²) >= 11 is 3.61. The van der Waals surface area contributed by atoms with E-state index in [1.54, 1.807) is 0 Å². The van der Waals surface area contributed by atoms with E-state index in [9.17, 15) is 0 Å². The van der Waals surface area contributed by atoms with Crippen molar-refractivity contribution in [3.05, 3.63) is 63.4 Å². The predicted molar refractivity (Wildman–Crippen MR) is 78.5 cm³/mol. The van der Waals surface area contributed by atoms with Crippen LogP contribution in [0.15, 0.2) is 41.0 Å². The topological polar surface area (TPSA) is 38.9 Å². The number of hydrogen-bond acceptors (Lipinski definition) is 2. The van der Waals surface area contributed by atoms with E-state index in [-0.39, 0.29) is 6.04 Å². The summed E-state index contributed by atoms with van der Waals surface area (Å²) in [5.41, 5.74) is 10.9. The van der Waals surface area contributed by atoms with Crippen LogP contribution >= 0.6 is 15.9 Å². The van der Waals surface area contributed by atoms with E-state index in [2.05, 4.69) is 53.0 Å². The average Bonchev–Trinajstić information content (AvgIpc) is 2.35. The Morgan fingerprint density at radius 2 is 1.89 bits per heavy atom. The van der Waals surface area contributed by atoms with Crippen molar-refractivity contribution in [3.8, 4) is 0 Å². The van der Waals surface area contributed by atoms with Crippen LogP contribution in [0.3, 0.4) is 0 Å². The van der Waals surface area contributed by atoms with Gasteiger partial charge in [-0.25, -0.2) is 0 Å². The monoisotopic (exact) mass is 304 g/mol. The summed E-state index contributed by atoms with van der Waals surface area (Å²) in [6, 6.07) is 10.2. The Kier molecular flexibility index (Phi) is 4.15. The Morgan fingerprint density at radius 1 is 1.17 bits per heavy atom. The molecule has 1 aromatic carbocycles. The summed E-state index contributed by atoms with van der Waals surface area (Å²) in [4.78, 5) is 4.40. The molecule has 1 heterocycles. The van der Waals surface area contributed by atoms with E-state index in [1.807, 2.05) is 18.3 Å². The van der Waals surface area contributed by atoms with Gasteiger partial charge >= 0.3 is 0 Å². The van der Waals surface area contributed by atoms with Crippen LogP contribution in [0.1, 0.15) is 28.4 Å². The highest BCUT2D eigenvalue weighted by Crippen LogP contribution is 2.27. The van der Waals surface area contributed by atoms with Crippen molar-refractivity contribution in [1.29, 1.82) is 0 Å². The molecule has 1 atom stereocenters. The Labute approximate surface area is 116 Å². The number of aromatic nitrogens is 1. The summed E-state index contributed by atoms with van der Waals surface area (Å²) in [5, 5.41) is 0. The minimum Gasteiger partial charge on any atom is -0.324 e. The van der Waals surface area contributed by atoms with Gasteiger partial charge in [-0.1, -0.05) is 40.2 Å². The Morgan fingerprint density at radius 3 is 2.61 bits per heavy atom. The van der Waals surface area contributed by atoms with Crippen LogP contribution in [0.4, 0.5) is 0 Å². The van der Waals surface area contributed by atoms with Gasteiger partial charge in [0.1, 0.15) is 0 Å². The van der Waals surface area contributed by atoms with Gasteiger partial charge in [0, 0.05) is 28.8 Å². The summed E-state index contributed by atoms with van der Waals surface area (Å²) in [7, 11) is 0. The van der Waals surface area contributed by atoms with Crippen molar-refractivity contribution < 1.29 is 0 Å². The first-order valence-corrected chi connectivity index (χ1v) is 6.80. The maximum Gasteiger partial charge on any atom is 0.0451 e. The van der Waals surface area contributed by atoms with Gasteiger partial charge in [0.15, 0.2) is 0 Å². The minimum absolute atomic E-state index is 0.0344. The molecule has 2 nitrogen and oxygen atoms in total. The number of rotatable bonds is 3. The summed E-state index contributed by atoms with van der Waals surface area (Å²) < 4.78 is 1.10. The molecule has 2 aromatic rings. The molecule has 0 saturated heterocycles. The lowest BCUT2D eigenvalue weighted by atomic mass is 9.99. The SMILES string of the molecule is Cc1cccnc1CC(N)c1cccc(C)c1Br. The van der Waals surface area contributed by atoms with E-state index in [0.717, 1.165) is 22.2 Å². The van der Waals surface area contributed by atoms with Gasteiger partial charge < -0.3 is 5.73 Å². The zero-order chi connectivity index (χ0) is 13.1. The largest absolute Gasteiger partial charge is 0.324 e. The highest BCUT2D eigenvalue weighted by Gasteiger charge is 2.13. The van der Waals surface area contributed by atoms with Gasteiger partial charge in [0.25, 0.3) is 0 Å². The molecule has 1 aromatic heterocycles. The lowest BCUT2D eigenvalue weighted by molar-refractivity contribution is 0.698. The Bertz CT molecular complexity index is 552. The van der Waals surface area contributed by atoms with E-state index < -0.39 is 0 Å². The molecular formula is C15H17BrN2. The number of halogens is 1. The molecule has 0 aliphatic rings. The van der Waals surface area contributed by atoms with Gasteiger partial charge in [0.2, 0.25) is 0 Å². The molecule has 3 heteroatoms. The van der Waals surface area contributed by atoms with Gasteiger partial charge in [-0.2, -0.15) is 0 Å². The maximum atomic E-state index is 6.30. The smallest absolute Gasteiger partial charge is 0.0451 e. The fraction of sp³-hybridized carbons (Fsp3) is 0.267. The van der Waals surface area contributed by atoms with Crippen LogP contribution in [-0.4, -0.2) is 4.98 Å². The predicted octanol–water partition coefficient (Wildman–Crippen LogP) is 3.70. The standard InChI is InChI=1S/C15H17BrN2/c1-10-6-4-8-18-14(10)9-13(17)12-7-3-5-11(2)15(12)16/h3-8,13H,9,17H2,1-2H3. The summed E-state index contributed by atoms with van der Waals surface area (Å²) in [6.07, 6.45) is 2.58. The van der Waals surface area contributed by atoms with Crippen LogP contribution in [0.2, 0.25) is 0 Å². The molecule has 0 fully saturated rings. The minimum atomic E-state index is -0.0344. The maximum absolute atomic E-state index is 6.30. The third-order valence-electron chi connectivity index (χ3n) is 3.15. The molecule has 0 aliphatic carbocycles. The van der Waals surface area contributed by atoms with Crippen molar-refractivity contribution in [2.24, 2.45) is 5.73 Å². The Balaban J connectivity index is 2.25. The molecule has 0 aliphatic heterocycles. The van der Waals surface area contributed by atoms with Crippen molar-refractivity contribution in [2.45, 2.75) is 26.3 Å². The molecule has 0 amide bonds. The third kappa shape index (κ3) is 2.79. The van der Waals surface area contributed by atoms with Crippen molar-refractivity contribution in [2.75, 3.05) is 0 Å². The zero-order valence-electron chi connectivity index (χ0n) is 10.7. The lowest BCUT2D eigenvalue weighted by Crippen LogP contribution is -2.15. The van der Waals surface area contributed by atoms with E-state index in [4.69, 9.17) is 5.73 Å². The fourth-order valence-electron chi connectivity index (χ4n) is 2.01. The first-order valence-electron chi connectivity index (χ1n) is 6.00. The van der Waals surface area contributed by atoms with Crippen LogP contribution in [-0.2, 0) is 6.42 Å². The number of pyridine rings is 1. The molecule has 2 N–H and O–H groups in total. The normalized spacial score (nSPS) is 12.4. The second-order valence-corrected chi connectivity index (χ2v) is 5.35. The first kappa shape index (κ1) is 13.2. The van der Waals surface area contributed by atoms with E-state index in [1.165, 1.54) is 11.1 Å². The molecular weight excluding hydrogens is 288 g/mol. The molecule has 0 saturated carbocycles. The molecule has 18 heavy (non-hydrogen) atoms. The van der Waals surface area contributed by atoms with E-state index in [0.29, 0.717) is 0 Å². The zero-order valence-corrected chi connectivity index (χ0v) is 12.2. The number of hydrogen-bond donors (Lipinski definition) is 1. The van der Waals surface area contributed by atoms with Crippen LogP contribution < -0.4 is 5.73 Å². The number of aryl methyl sites for hydroxylation is 2. The van der Waals surface area contributed by atoms with Crippen molar-refractivity contribution >= 4 is 15.9 Å². The van der Waals surface area contributed by atoms with E-state index >= 15 is 0 Å². The highest BCUT2D eigenvalue weighted by molar-refractivity contribution is 9.10. The highest BCUT2D eigenvalue weighted by atomic mass is 79.9. The second-order valence-electron chi connectivity index (χ2n) is 4.56. The Hall–Kier alpha value is -1.19. The fourth-order valence-corrected chi connectivity index (χ4v) is 2.57. The quantitative estimate of drug-likeness (QED) is 0.939. The van der Waals surface area contributed by atoms with Crippen molar-refractivity contribution in [1.82, 2.24) is 4.98 Å². The van der Waals surface area contributed by atoms with Crippen LogP contribution in [0.25, 0.3) is 0 Å². The molecule has 0 spiro atoms. The molecule has 0 bridgehead atoms. The molecule has 0 radical (unpaired) electrons. The van der Waals surface area contributed by atoms with Gasteiger partial charge in [0.05, 0.1) is 0 Å². The molecule has 1 unspecified atom stereocenters. The number of nitrogens with zero attached hydrogens (tertiary/aromatic N) is 1. The van der Waals surface area contributed by atoms with Crippen LogP contribution in [0, 0.1) is 13.8 Å². The first-order chi connectivity index (χ1) is 8.59. The summed E-state index contributed by atoms with van der Waals surface area (Å²) in [6.45, 7) is 4.15. The number of benzene rings is 1. The summed E-state index contributed by atoms with van der Waals surface area (Å²) in [5.74, 6) is 0. The van der Waals surface area contributed by atoms with Gasteiger partial charge in [-0.15, -0.1) is 0 Å². The van der Waals surface area contributed by atoms with Crippen LogP contribution in [0.5, 0.6) is 0 Å². The van der Waals surface area contributed by atoms with Gasteiger partial charge in [-0.3, -0.25) is 4.98 Å². The van der Waals surface area contributed by atoms with Gasteiger partial charge in [-0.05, 0) is 36.6 Å².